The molecule has 3 aromatic rings. The van der Waals surface area contributed by atoms with Crippen molar-refractivity contribution in [1.29, 1.82) is 0 Å². The van der Waals surface area contributed by atoms with Gasteiger partial charge in [0.15, 0.2) is 0 Å². The van der Waals surface area contributed by atoms with Gasteiger partial charge >= 0.3 is 0 Å². The molecule has 2 amide bonds. The zero-order chi connectivity index (χ0) is 24.3. The standard InChI is InChI=1S/C24H22FN3O5S/c1-33-22-15-17(10-13-21(22)28-14-4-7-23(28)29)26-24(30)19-5-2-3-6-20(19)27-34(31,32)18-11-8-16(25)9-12-18/h2-3,5-6,8-13,15,27H,4,7,14H2,1H3,(H,26,30). The highest BCUT2D eigenvalue weighted by Gasteiger charge is 2.25. The average molecular weight is 484 g/mol. The van der Waals surface area contributed by atoms with E-state index >= 15 is 0 Å². The largest absolute Gasteiger partial charge is 0.494 e. The Labute approximate surface area is 196 Å². The lowest BCUT2D eigenvalue weighted by Gasteiger charge is -2.20. The van der Waals surface area contributed by atoms with Gasteiger partial charge in [-0.25, -0.2) is 12.8 Å². The Kier molecular flexibility index (Phi) is 6.51. The van der Waals surface area contributed by atoms with Gasteiger partial charge in [0, 0.05) is 24.7 Å². The van der Waals surface area contributed by atoms with Crippen LogP contribution < -0.4 is 19.7 Å². The molecule has 34 heavy (non-hydrogen) atoms. The van der Waals surface area contributed by atoms with Crippen molar-refractivity contribution < 1.29 is 27.1 Å². The molecular formula is C24H22FN3O5S. The molecule has 4 rings (SSSR count). The molecule has 1 heterocycles. The van der Waals surface area contributed by atoms with Crippen LogP contribution in [0.2, 0.25) is 0 Å². The number of rotatable bonds is 7. The van der Waals surface area contributed by atoms with Crippen molar-refractivity contribution in [3.8, 4) is 5.75 Å². The van der Waals surface area contributed by atoms with Crippen molar-refractivity contribution in [2.45, 2.75) is 17.7 Å². The highest BCUT2D eigenvalue weighted by molar-refractivity contribution is 7.92. The van der Waals surface area contributed by atoms with Gasteiger partial charge < -0.3 is 15.0 Å². The fraction of sp³-hybridized carbons (Fsp3) is 0.167. The molecule has 1 fully saturated rings. The number of nitrogens with one attached hydrogen (secondary N) is 2. The summed E-state index contributed by atoms with van der Waals surface area (Å²) in [5.41, 5.74) is 1.19. The van der Waals surface area contributed by atoms with Gasteiger partial charge in [-0.05, 0) is 55.0 Å². The molecule has 2 N–H and O–H groups in total. The maximum Gasteiger partial charge on any atom is 0.261 e. The molecular weight excluding hydrogens is 461 g/mol. The molecule has 0 unspecified atom stereocenters. The molecule has 0 atom stereocenters. The van der Waals surface area contributed by atoms with E-state index in [4.69, 9.17) is 4.74 Å². The summed E-state index contributed by atoms with van der Waals surface area (Å²) in [6.07, 6.45) is 1.25. The molecule has 3 aromatic carbocycles. The summed E-state index contributed by atoms with van der Waals surface area (Å²) >= 11 is 0. The fourth-order valence-corrected chi connectivity index (χ4v) is 4.75. The van der Waals surface area contributed by atoms with Gasteiger partial charge in [0.1, 0.15) is 11.6 Å². The number of hydrogen-bond donors (Lipinski definition) is 2. The van der Waals surface area contributed by atoms with E-state index in [2.05, 4.69) is 10.0 Å². The topological polar surface area (TPSA) is 105 Å². The first-order valence-corrected chi connectivity index (χ1v) is 11.9. The minimum atomic E-state index is -4.04. The molecule has 10 heteroatoms. The molecule has 0 saturated carbocycles. The second kappa shape index (κ2) is 9.52. The monoisotopic (exact) mass is 483 g/mol. The summed E-state index contributed by atoms with van der Waals surface area (Å²) in [6.45, 7) is 0.600. The van der Waals surface area contributed by atoms with Crippen molar-refractivity contribution in [2.24, 2.45) is 0 Å². The molecule has 0 bridgehead atoms. The van der Waals surface area contributed by atoms with Crippen molar-refractivity contribution in [1.82, 2.24) is 0 Å². The number of para-hydroxylation sites is 1. The third-order valence-corrected chi connectivity index (χ3v) is 6.72. The van der Waals surface area contributed by atoms with E-state index in [1.165, 1.54) is 19.2 Å². The van der Waals surface area contributed by atoms with E-state index < -0.39 is 21.7 Å². The van der Waals surface area contributed by atoms with Crippen LogP contribution in [0.1, 0.15) is 23.2 Å². The predicted molar refractivity (Wildman–Crippen MR) is 126 cm³/mol. The number of benzene rings is 3. The van der Waals surface area contributed by atoms with Gasteiger partial charge in [0.05, 0.1) is 28.9 Å². The minimum Gasteiger partial charge on any atom is -0.494 e. The van der Waals surface area contributed by atoms with Crippen molar-refractivity contribution in [3.63, 3.8) is 0 Å². The number of methoxy groups -OCH3 is 1. The first-order valence-electron chi connectivity index (χ1n) is 10.5. The quantitative estimate of drug-likeness (QED) is 0.528. The molecule has 176 valence electrons. The number of anilines is 3. The summed E-state index contributed by atoms with van der Waals surface area (Å²) < 4.78 is 46.4. The van der Waals surface area contributed by atoms with E-state index in [0.29, 0.717) is 30.1 Å². The van der Waals surface area contributed by atoms with Crippen molar-refractivity contribution in [2.75, 3.05) is 28.6 Å². The molecule has 1 aliphatic rings. The van der Waals surface area contributed by atoms with Crippen LogP contribution in [-0.4, -0.2) is 33.9 Å². The first-order chi connectivity index (χ1) is 16.3. The van der Waals surface area contributed by atoms with Crippen LogP contribution in [0, 0.1) is 5.82 Å². The van der Waals surface area contributed by atoms with Crippen molar-refractivity contribution >= 4 is 38.9 Å². The van der Waals surface area contributed by atoms with Gasteiger partial charge in [-0.15, -0.1) is 0 Å². The van der Waals surface area contributed by atoms with Gasteiger partial charge in [0.2, 0.25) is 5.91 Å². The lowest BCUT2D eigenvalue weighted by atomic mass is 10.1. The van der Waals surface area contributed by atoms with Gasteiger partial charge in [-0.1, -0.05) is 12.1 Å². The normalized spacial score (nSPS) is 13.6. The van der Waals surface area contributed by atoms with Crippen LogP contribution in [0.25, 0.3) is 0 Å². The third kappa shape index (κ3) is 4.86. The molecule has 0 aromatic heterocycles. The average Bonchev–Trinajstić information content (AvgIpc) is 3.25. The SMILES string of the molecule is COc1cc(NC(=O)c2ccccc2NS(=O)(=O)c2ccc(F)cc2)ccc1N1CCCC1=O. The zero-order valence-corrected chi connectivity index (χ0v) is 19.1. The predicted octanol–water partition coefficient (Wildman–Crippen LogP) is 4.01. The second-order valence-electron chi connectivity index (χ2n) is 7.59. The minimum absolute atomic E-state index is 0.0115. The molecule has 1 saturated heterocycles. The number of hydrogen-bond acceptors (Lipinski definition) is 5. The van der Waals surface area contributed by atoms with Crippen LogP contribution in [0.15, 0.2) is 71.6 Å². The number of sulfonamides is 1. The highest BCUT2D eigenvalue weighted by atomic mass is 32.2. The molecule has 8 nitrogen and oxygen atoms in total. The van der Waals surface area contributed by atoms with Crippen LogP contribution in [-0.2, 0) is 14.8 Å². The lowest BCUT2D eigenvalue weighted by molar-refractivity contribution is -0.117. The number of ether oxygens (including phenoxy) is 1. The smallest absolute Gasteiger partial charge is 0.261 e. The van der Waals surface area contributed by atoms with Crippen molar-refractivity contribution in [3.05, 3.63) is 78.1 Å². The summed E-state index contributed by atoms with van der Waals surface area (Å²) in [7, 11) is -2.57. The van der Waals surface area contributed by atoms with Gasteiger partial charge in [0.25, 0.3) is 15.9 Å². The van der Waals surface area contributed by atoms with Crippen LogP contribution in [0.5, 0.6) is 5.75 Å². The highest BCUT2D eigenvalue weighted by Crippen LogP contribution is 2.34. The van der Waals surface area contributed by atoms with E-state index in [0.717, 1.165) is 30.7 Å². The Balaban J connectivity index is 1.56. The second-order valence-corrected chi connectivity index (χ2v) is 9.28. The van der Waals surface area contributed by atoms with E-state index in [-0.39, 0.29) is 22.1 Å². The summed E-state index contributed by atoms with van der Waals surface area (Å²) in [5, 5.41) is 2.73. The Hall–Kier alpha value is -3.92. The Morgan fingerprint density at radius 3 is 2.47 bits per heavy atom. The lowest BCUT2D eigenvalue weighted by Crippen LogP contribution is -2.24. The summed E-state index contributed by atoms with van der Waals surface area (Å²) in [5.74, 6) is -0.672. The number of amides is 2. The zero-order valence-electron chi connectivity index (χ0n) is 18.2. The van der Waals surface area contributed by atoms with Crippen LogP contribution >= 0.6 is 0 Å². The van der Waals surface area contributed by atoms with E-state index in [1.54, 1.807) is 35.2 Å². The maximum absolute atomic E-state index is 13.2. The summed E-state index contributed by atoms with van der Waals surface area (Å²) in [6, 6.07) is 15.4. The van der Waals surface area contributed by atoms with Gasteiger partial charge in [-0.2, -0.15) is 0 Å². The first kappa shape index (κ1) is 23.2. The molecule has 0 spiro atoms. The van der Waals surface area contributed by atoms with E-state index in [9.17, 15) is 22.4 Å². The van der Waals surface area contributed by atoms with Crippen LogP contribution in [0.3, 0.4) is 0 Å². The number of halogens is 1. The molecule has 0 aliphatic carbocycles. The Morgan fingerprint density at radius 2 is 1.79 bits per heavy atom. The van der Waals surface area contributed by atoms with E-state index in [1.807, 2.05) is 0 Å². The van der Waals surface area contributed by atoms with Crippen LogP contribution in [0.4, 0.5) is 21.5 Å². The third-order valence-electron chi connectivity index (χ3n) is 5.34. The number of nitrogens with zero attached hydrogens (tertiary/aromatic N) is 1. The Morgan fingerprint density at radius 1 is 1.06 bits per heavy atom. The van der Waals surface area contributed by atoms with Gasteiger partial charge in [-0.3, -0.25) is 14.3 Å². The summed E-state index contributed by atoms with van der Waals surface area (Å²) in [4.78, 5) is 26.6. The number of carbonyl (C=O) groups is 2. The Bertz CT molecular complexity index is 1340. The molecule has 0 radical (unpaired) electrons. The fourth-order valence-electron chi connectivity index (χ4n) is 3.67. The number of carbonyl (C=O) groups excluding carboxylic acids is 2. The maximum atomic E-state index is 13.2. The molecule has 1 aliphatic heterocycles.